The van der Waals surface area contributed by atoms with Gasteiger partial charge >= 0.3 is 6.09 Å². The number of alkyl carbamates (subject to hydrolysis) is 1. The fourth-order valence-corrected chi connectivity index (χ4v) is 2.65. The second-order valence-corrected chi connectivity index (χ2v) is 7.45. The van der Waals surface area contributed by atoms with E-state index in [2.05, 4.69) is 22.4 Å². The molecule has 0 spiro atoms. The third-order valence-electron chi connectivity index (χ3n) is 2.91. The van der Waals surface area contributed by atoms with E-state index in [0.29, 0.717) is 17.7 Å². The maximum Gasteiger partial charge on any atom is 0.407 e. The molecule has 0 unspecified atom stereocenters. The Bertz CT molecular complexity index is 458. The number of carbonyl (C=O) groups is 1. The highest BCUT2D eigenvalue weighted by Crippen LogP contribution is 2.18. The Kier molecular flexibility index (Phi) is 9.06. The number of hydrogen-bond donors (Lipinski definition) is 1. The van der Waals surface area contributed by atoms with Gasteiger partial charge in [0.25, 0.3) is 5.22 Å². The Labute approximate surface area is 143 Å². The number of unbranched alkanes of at least 4 members (excludes halogenated alkanes) is 3. The summed E-state index contributed by atoms with van der Waals surface area (Å²) >= 11 is 1.62. The van der Waals surface area contributed by atoms with Gasteiger partial charge in [0.15, 0.2) is 0 Å². The third-order valence-corrected chi connectivity index (χ3v) is 3.81. The summed E-state index contributed by atoms with van der Waals surface area (Å²) in [4.78, 5) is 11.5. The van der Waals surface area contributed by atoms with Gasteiger partial charge in [-0.1, -0.05) is 31.5 Å². The first-order valence-corrected chi connectivity index (χ1v) is 9.31. The van der Waals surface area contributed by atoms with Gasteiger partial charge in [0.05, 0.1) is 0 Å². The summed E-state index contributed by atoms with van der Waals surface area (Å²) in [6, 6.07) is 0. The van der Waals surface area contributed by atoms with Crippen LogP contribution in [0.15, 0.2) is 9.64 Å². The molecule has 6 nitrogen and oxygen atoms in total. The maximum absolute atomic E-state index is 11.5. The highest BCUT2D eigenvalue weighted by Gasteiger charge is 2.15. The zero-order chi connectivity index (χ0) is 17.1. The third kappa shape index (κ3) is 10.2. The number of thioether (sulfide) groups is 1. The van der Waals surface area contributed by atoms with Crippen molar-refractivity contribution in [2.75, 3.05) is 12.3 Å². The summed E-state index contributed by atoms with van der Waals surface area (Å²) in [5, 5.41) is 11.5. The van der Waals surface area contributed by atoms with Crippen molar-refractivity contribution in [1.29, 1.82) is 0 Å². The quantitative estimate of drug-likeness (QED) is 0.507. The van der Waals surface area contributed by atoms with E-state index < -0.39 is 5.60 Å². The number of aryl methyl sites for hydroxylation is 1. The molecule has 1 amide bonds. The van der Waals surface area contributed by atoms with Gasteiger partial charge in [-0.3, -0.25) is 0 Å². The molecule has 0 saturated carbocycles. The number of carbonyl (C=O) groups excluding carboxylic acids is 1. The first-order valence-electron chi connectivity index (χ1n) is 8.32. The summed E-state index contributed by atoms with van der Waals surface area (Å²) < 4.78 is 10.8. The highest BCUT2D eigenvalue weighted by molar-refractivity contribution is 7.99. The predicted molar refractivity (Wildman–Crippen MR) is 91.7 cm³/mol. The van der Waals surface area contributed by atoms with E-state index in [-0.39, 0.29) is 6.09 Å². The van der Waals surface area contributed by atoms with Crippen LogP contribution in [0.1, 0.15) is 65.7 Å². The molecule has 0 bridgehead atoms. The van der Waals surface area contributed by atoms with E-state index in [9.17, 15) is 4.79 Å². The molecular formula is C16H29N3O3S. The van der Waals surface area contributed by atoms with Crippen molar-refractivity contribution in [3.8, 4) is 0 Å². The second-order valence-electron chi connectivity index (χ2n) is 6.40. The summed E-state index contributed by atoms with van der Waals surface area (Å²) in [6.07, 6.45) is 5.63. The Morgan fingerprint density at radius 1 is 1.22 bits per heavy atom. The van der Waals surface area contributed by atoms with Gasteiger partial charge in [0, 0.05) is 18.7 Å². The van der Waals surface area contributed by atoms with E-state index in [1.54, 1.807) is 11.8 Å². The molecular weight excluding hydrogens is 314 g/mol. The Balaban J connectivity index is 2.06. The average molecular weight is 343 g/mol. The van der Waals surface area contributed by atoms with Gasteiger partial charge in [-0.15, -0.1) is 10.2 Å². The molecule has 0 atom stereocenters. The molecule has 1 N–H and O–H groups in total. The van der Waals surface area contributed by atoms with Gasteiger partial charge in [0.1, 0.15) is 5.60 Å². The summed E-state index contributed by atoms with van der Waals surface area (Å²) in [5.74, 6) is 1.72. The van der Waals surface area contributed by atoms with Crippen molar-refractivity contribution in [3.05, 3.63) is 5.89 Å². The van der Waals surface area contributed by atoms with Crippen LogP contribution in [0.5, 0.6) is 0 Å². The molecule has 1 aromatic rings. The normalized spacial score (nSPS) is 11.5. The van der Waals surface area contributed by atoms with E-state index in [1.807, 2.05) is 20.8 Å². The Morgan fingerprint density at radius 2 is 2.00 bits per heavy atom. The predicted octanol–water partition coefficient (Wildman–Crippen LogP) is 4.20. The first kappa shape index (κ1) is 19.8. The van der Waals surface area contributed by atoms with Crippen molar-refractivity contribution < 1.29 is 13.9 Å². The molecule has 0 aliphatic heterocycles. The lowest BCUT2D eigenvalue weighted by atomic mass is 10.2. The average Bonchev–Trinajstić information content (AvgIpc) is 2.89. The molecule has 1 heterocycles. The number of rotatable bonds is 10. The zero-order valence-electron chi connectivity index (χ0n) is 14.7. The Hall–Kier alpha value is -1.24. The lowest BCUT2D eigenvalue weighted by Crippen LogP contribution is -2.32. The summed E-state index contributed by atoms with van der Waals surface area (Å²) in [7, 11) is 0. The number of hydrogen-bond acceptors (Lipinski definition) is 6. The zero-order valence-corrected chi connectivity index (χ0v) is 15.5. The van der Waals surface area contributed by atoms with Crippen LogP contribution in [0.25, 0.3) is 0 Å². The van der Waals surface area contributed by atoms with Crippen LogP contribution < -0.4 is 5.32 Å². The molecule has 132 valence electrons. The minimum Gasteiger partial charge on any atom is -0.444 e. The second kappa shape index (κ2) is 10.5. The first-order chi connectivity index (χ1) is 10.9. The number of nitrogens with zero attached hydrogens (tertiary/aromatic N) is 2. The van der Waals surface area contributed by atoms with Gasteiger partial charge in [-0.05, 0) is 40.0 Å². The largest absolute Gasteiger partial charge is 0.444 e. The van der Waals surface area contributed by atoms with Gasteiger partial charge in [-0.2, -0.15) is 0 Å². The maximum atomic E-state index is 11.5. The fraction of sp³-hybridized carbons (Fsp3) is 0.812. The van der Waals surface area contributed by atoms with Crippen molar-refractivity contribution in [3.63, 3.8) is 0 Å². The summed E-state index contributed by atoms with van der Waals surface area (Å²) in [5.41, 5.74) is -0.450. The molecule has 0 aliphatic carbocycles. The van der Waals surface area contributed by atoms with Crippen LogP contribution in [0.2, 0.25) is 0 Å². The van der Waals surface area contributed by atoms with E-state index >= 15 is 0 Å². The number of nitrogens with one attached hydrogen (secondary N) is 1. The minimum absolute atomic E-state index is 0.358. The number of amides is 1. The molecule has 0 radical (unpaired) electrons. The van der Waals surface area contributed by atoms with Crippen LogP contribution >= 0.6 is 11.8 Å². The fourth-order valence-electron chi connectivity index (χ4n) is 1.78. The SMILES string of the molecule is CCCCSc1nnc(CCCCCNC(=O)OC(C)(C)C)o1. The Morgan fingerprint density at radius 3 is 2.70 bits per heavy atom. The molecule has 0 aliphatic rings. The number of aromatic nitrogens is 2. The molecule has 0 saturated heterocycles. The van der Waals surface area contributed by atoms with E-state index in [4.69, 9.17) is 9.15 Å². The lowest BCUT2D eigenvalue weighted by molar-refractivity contribution is 0.0527. The van der Waals surface area contributed by atoms with Crippen LogP contribution in [0.4, 0.5) is 4.79 Å². The van der Waals surface area contributed by atoms with E-state index in [0.717, 1.165) is 37.9 Å². The van der Waals surface area contributed by atoms with Crippen molar-refractivity contribution in [1.82, 2.24) is 15.5 Å². The lowest BCUT2D eigenvalue weighted by Gasteiger charge is -2.19. The molecule has 1 rings (SSSR count). The topological polar surface area (TPSA) is 77.2 Å². The highest BCUT2D eigenvalue weighted by atomic mass is 32.2. The van der Waals surface area contributed by atoms with Crippen molar-refractivity contribution in [2.45, 2.75) is 77.0 Å². The van der Waals surface area contributed by atoms with Crippen LogP contribution in [-0.4, -0.2) is 34.2 Å². The van der Waals surface area contributed by atoms with Gasteiger partial charge < -0.3 is 14.5 Å². The summed E-state index contributed by atoms with van der Waals surface area (Å²) in [6.45, 7) is 8.34. The molecule has 7 heteroatoms. The molecule has 1 aromatic heterocycles. The van der Waals surface area contributed by atoms with Gasteiger partial charge in [-0.25, -0.2) is 4.79 Å². The van der Waals surface area contributed by atoms with Gasteiger partial charge in [0.2, 0.25) is 5.89 Å². The van der Waals surface area contributed by atoms with E-state index in [1.165, 1.54) is 6.42 Å². The monoisotopic (exact) mass is 343 g/mol. The number of ether oxygens (including phenoxy) is 1. The molecule has 0 fully saturated rings. The van der Waals surface area contributed by atoms with Crippen LogP contribution in [0.3, 0.4) is 0 Å². The molecule has 0 aromatic carbocycles. The van der Waals surface area contributed by atoms with Crippen LogP contribution in [0, 0.1) is 0 Å². The van der Waals surface area contributed by atoms with Crippen molar-refractivity contribution >= 4 is 17.9 Å². The molecule has 23 heavy (non-hydrogen) atoms. The van der Waals surface area contributed by atoms with Crippen molar-refractivity contribution in [2.24, 2.45) is 0 Å². The smallest absolute Gasteiger partial charge is 0.407 e. The minimum atomic E-state index is -0.450. The van der Waals surface area contributed by atoms with Crippen LogP contribution in [-0.2, 0) is 11.2 Å². The standard InChI is InChI=1S/C16H29N3O3S/c1-5-6-12-23-15-19-18-13(21-15)10-8-7-9-11-17-14(20)22-16(2,3)4/h5-12H2,1-4H3,(H,17,20).